The highest BCUT2D eigenvalue weighted by Crippen LogP contribution is 2.46. The van der Waals surface area contributed by atoms with Crippen molar-refractivity contribution in [3.05, 3.63) is 42.2 Å². The van der Waals surface area contributed by atoms with E-state index in [4.69, 9.17) is 33.1 Å². The van der Waals surface area contributed by atoms with Gasteiger partial charge in [0.05, 0.1) is 40.9 Å². The van der Waals surface area contributed by atoms with Crippen molar-refractivity contribution in [2.24, 2.45) is 0 Å². The SMILES string of the molecule is [C-]#[N+]C([N+]#[C-])=c1sc2c3nc(C)nc4c5sc(=C(C#N)C#N)sc5c5nc(CCCCCCCCCCC)nc(c2s1)c5c43. The lowest BCUT2D eigenvalue weighted by Crippen LogP contribution is -2.01. The Morgan fingerprint density at radius 1 is 0.659 bits per heavy atom. The lowest BCUT2D eigenvalue weighted by atomic mass is 10.0. The normalized spacial score (nSPS) is 11.3. The first kappa shape index (κ1) is 30.0. The summed E-state index contributed by atoms with van der Waals surface area (Å²) in [6.45, 7) is 19.2. The van der Waals surface area contributed by atoms with Gasteiger partial charge in [0.15, 0.2) is 9.42 Å². The molecule has 0 saturated heterocycles. The van der Waals surface area contributed by atoms with Crippen LogP contribution in [0.2, 0.25) is 0 Å². The van der Waals surface area contributed by atoms with Crippen LogP contribution in [0.25, 0.3) is 72.7 Å². The van der Waals surface area contributed by atoms with E-state index in [2.05, 4.69) is 16.6 Å². The third-order valence-corrected chi connectivity index (χ3v) is 12.8. The molecule has 8 nitrogen and oxygen atoms in total. The van der Waals surface area contributed by atoms with Gasteiger partial charge in [-0.3, -0.25) is 0 Å². The van der Waals surface area contributed by atoms with Crippen molar-refractivity contribution in [1.82, 2.24) is 19.9 Å². The predicted octanol–water partition coefficient (Wildman–Crippen LogP) is 8.76. The fourth-order valence-electron chi connectivity index (χ4n) is 5.56. The number of nitrogens with zero attached hydrogens (tertiary/aromatic N) is 8. The van der Waals surface area contributed by atoms with E-state index in [0.717, 1.165) is 76.7 Å². The molecule has 0 aliphatic heterocycles. The zero-order chi connectivity index (χ0) is 30.8. The van der Waals surface area contributed by atoms with Gasteiger partial charge in [0.2, 0.25) is 0 Å². The average molecular weight is 651 g/mol. The number of benzene rings is 2. The molecule has 12 heteroatoms. The number of fused-ring (bicyclic) bond motifs is 6. The van der Waals surface area contributed by atoms with E-state index in [-0.39, 0.29) is 11.4 Å². The maximum absolute atomic E-state index is 9.64. The van der Waals surface area contributed by atoms with E-state index in [0.29, 0.717) is 13.5 Å². The summed E-state index contributed by atoms with van der Waals surface area (Å²) in [4.78, 5) is 27.0. The summed E-state index contributed by atoms with van der Waals surface area (Å²) in [5.41, 5.74) is 3.15. The standard InChI is InChI=1S/C32H26N8S4/c1-5-6-7-8-9-10-11-12-13-14-19-39-24-21-20-22(26-28(24)42-31(41-26)18(15-33)16-34)37-17(2)38-23(20)27-29(25(21)40-19)44-32(43-27)30(35-3)36-4/h5-14H2,1-2H3. The molecule has 4 heterocycles. The molecule has 0 unspecified atom stereocenters. The van der Waals surface area contributed by atoms with Gasteiger partial charge >= 0.3 is 5.82 Å². The Morgan fingerprint density at radius 3 is 1.55 bits per heavy atom. The Balaban J connectivity index is 1.58. The van der Waals surface area contributed by atoms with Crippen molar-refractivity contribution in [3.8, 4) is 12.1 Å². The van der Waals surface area contributed by atoms with Gasteiger partial charge in [0.25, 0.3) is 0 Å². The summed E-state index contributed by atoms with van der Waals surface area (Å²) in [5.74, 6) is 1.39. The smallest absolute Gasteiger partial charge is 0.232 e. The summed E-state index contributed by atoms with van der Waals surface area (Å²) in [6.07, 6.45) is 11.8. The predicted molar refractivity (Wildman–Crippen MR) is 183 cm³/mol. The maximum Gasteiger partial charge on any atom is 0.546 e. The van der Waals surface area contributed by atoms with Crippen LogP contribution in [-0.4, -0.2) is 19.9 Å². The molecule has 2 aromatic carbocycles. The Morgan fingerprint density at radius 2 is 1.09 bits per heavy atom. The van der Waals surface area contributed by atoms with Crippen LogP contribution < -0.4 is 7.69 Å². The van der Waals surface area contributed by atoms with Crippen LogP contribution in [0.1, 0.15) is 76.4 Å². The van der Waals surface area contributed by atoms with Crippen molar-refractivity contribution in [2.75, 3.05) is 0 Å². The van der Waals surface area contributed by atoms with E-state index in [9.17, 15) is 10.5 Å². The third kappa shape index (κ3) is 5.30. The van der Waals surface area contributed by atoms with Crippen LogP contribution in [0.3, 0.4) is 0 Å². The molecule has 0 aliphatic rings. The molecule has 0 radical (unpaired) electrons. The lowest BCUT2D eigenvalue weighted by molar-refractivity contribution is 0.562. The van der Waals surface area contributed by atoms with Gasteiger partial charge in [-0.15, -0.1) is 45.3 Å². The van der Waals surface area contributed by atoms with Gasteiger partial charge in [-0.2, -0.15) is 20.2 Å². The van der Waals surface area contributed by atoms with Gasteiger partial charge in [-0.1, -0.05) is 58.3 Å². The second-order valence-corrected chi connectivity index (χ2v) is 15.2. The van der Waals surface area contributed by atoms with E-state index in [1.165, 1.54) is 90.3 Å². The Kier molecular flexibility index (Phi) is 8.80. The Hall–Kier alpha value is -4.04. The molecule has 6 aromatic rings. The molecular weight excluding hydrogens is 625 g/mol. The molecule has 0 bridgehead atoms. The van der Waals surface area contributed by atoms with E-state index in [1.807, 2.05) is 19.1 Å². The Bertz CT molecular complexity index is 2200. The molecule has 6 rings (SSSR count). The topological polar surface area (TPSA) is 108 Å². The van der Waals surface area contributed by atoms with Gasteiger partial charge in [0.1, 0.15) is 40.8 Å². The highest BCUT2D eigenvalue weighted by molar-refractivity contribution is 7.38. The highest BCUT2D eigenvalue weighted by Gasteiger charge is 2.25. The number of nitriles is 2. The number of aromatic nitrogens is 4. The highest BCUT2D eigenvalue weighted by atomic mass is 32.2. The van der Waals surface area contributed by atoms with Gasteiger partial charge in [0, 0.05) is 17.2 Å². The summed E-state index contributed by atoms with van der Waals surface area (Å²) < 4.78 is 4.80. The summed E-state index contributed by atoms with van der Waals surface area (Å²) in [6, 6.07) is 4.09. The minimum Gasteiger partial charge on any atom is -0.232 e. The van der Waals surface area contributed by atoms with Crippen molar-refractivity contribution >= 4 is 108 Å². The van der Waals surface area contributed by atoms with Crippen LogP contribution in [0.5, 0.6) is 0 Å². The number of hydrogen-bond acceptors (Lipinski definition) is 10. The molecule has 0 amide bonds. The maximum atomic E-state index is 9.64. The first-order valence-corrected chi connectivity index (χ1v) is 17.8. The second kappa shape index (κ2) is 12.9. The van der Waals surface area contributed by atoms with Crippen LogP contribution in [0.15, 0.2) is 0 Å². The van der Waals surface area contributed by atoms with E-state index in [1.54, 1.807) is 0 Å². The zero-order valence-corrected chi connectivity index (χ0v) is 27.5. The summed E-state index contributed by atoms with van der Waals surface area (Å²) in [7, 11) is 0. The van der Waals surface area contributed by atoms with E-state index >= 15 is 0 Å². The summed E-state index contributed by atoms with van der Waals surface area (Å²) in [5, 5.41) is 21.0. The van der Waals surface area contributed by atoms with Crippen LogP contribution >= 0.6 is 45.3 Å². The van der Waals surface area contributed by atoms with Crippen LogP contribution in [0.4, 0.5) is 0 Å². The molecular formula is C32H26N8S4. The number of hydrogen-bond donors (Lipinski definition) is 0. The van der Waals surface area contributed by atoms with Crippen LogP contribution in [0, 0.1) is 42.7 Å². The number of rotatable bonds is 10. The van der Waals surface area contributed by atoms with Crippen LogP contribution in [-0.2, 0) is 6.42 Å². The van der Waals surface area contributed by atoms with Crippen molar-refractivity contribution in [2.45, 2.75) is 78.1 Å². The second-order valence-electron chi connectivity index (χ2n) is 10.6. The molecule has 218 valence electrons. The summed E-state index contributed by atoms with van der Waals surface area (Å²) >= 11 is 5.61. The monoisotopic (exact) mass is 650 g/mol. The molecule has 0 saturated carbocycles. The van der Waals surface area contributed by atoms with Crippen molar-refractivity contribution < 1.29 is 0 Å². The fraction of sp³-hybridized carbons (Fsp3) is 0.375. The quantitative estimate of drug-likeness (QED) is 0.0833. The first-order chi connectivity index (χ1) is 21.5. The van der Waals surface area contributed by atoms with Crippen molar-refractivity contribution in [1.29, 1.82) is 10.5 Å². The largest absolute Gasteiger partial charge is 0.546 e. The van der Waals surface area contributed by atoms with Gasteiger partial charge in [-0.25, -0.2) is 19.9 Å². The minimum atomic E-state index is 0.0459. The first-order valence-electron chi connectivity index (χ1n) is 14.6. The van der Waals surface area contributed by atoms with Crippen molar-refractivity contribution in [3.63, 3.8) is 0 Å². The van der Waals surface area contributed by atoms with Gasteiger partial charge in [-0.05, 0) is 13.3 Å². The third-order valence-electron chi connectivity index (χ3n) is 7.60. The minimum absolute atomic E-state index is 0.0459. The fourth-order valence-corrected chi connectivity index (χ4v) is 10.6. The van der Waals surface area contributed by atoms with Gasteiger partial charge < -0.3 is 0 Å². The number of unbranched alkanes of at least 4 members (excludes halogenated alkanes) is 8. The zero-order valence-electron chi connectivity index (χ0n) is 24.3. The molecule has 0 atom stereocenters. The molecule has 44 heavy (non-hydrogen) atoms. The molecule has 0 spiro atoms. The lowest BCUT2D eigenvalue weighted by Gasteiger charge is -2.13. The molecule has 0 N–H and O–H groups in total. The van der Waals surface area contributed by atoms with E-state index < -0.39 is 0 Å². The average Bonchev–Trinajstić information content (AvgIpc) is 3.67. The Labute approximate surface area is 269 Å². The number of aryl methyl sites for hydroxylation is 2. The molecule has 0 aliphatic carbocycles. The molecule has 0 fully saturated rings. The molecule has 4 aromatic heterocycles.